The lowest BCUT2D eigenvalue weighted by molar-refractivity contribution is 0.000564. The molecule has 1 aliphatic carbocycles. The third-order valence-electron chi connectivity index (χ3n) is 5.69. The van der Waals surface area contributed by atoms with E-state index in [1.54, 1.807) is 11.3 Å². The molecule has 0 saturated carbocycles. The lowest BCUT2D eigenvalue weighted by Crippen LogP contribution is -2.52. The Kier molecular flexibility index (Phi) is 4.41. The van der Waals surface area contributed by atoms with Crippen LogP contribution in [0.5, 0.6) is 0 Å². The van der Waals surface area contributed by atoms with Gasteiger partial charge in [0.15, 0.2) is 0 Å². The van der Waals surface area contributed by atoms with Gasteiger partial charge in [-0.2, -0.15) is 0 Å². The highest BCUT2D eigenvalue weighted by atomic mass is 32.1. The molecule has 3 aliphatic rings. The molecule has 4 rings (SSSR count). The average Bonchev–Trinajstić information content (AvgIpc) is 3.23. The predicted octanol–water partition coefficient (Wildman–Crippen LogP) is 1.06. The van der Waals surface area contributed by atoms with Crippen LogP contribution in [-0.4, -0.2) is 84.2 Å². The summed E-state index contributed by atoms with van der Waals surface area (Å²) in [5.74, 6) is 0.115. The number of piperazine rings is 1. The Bertz CT molecular complexity index is 602. The first kappa shape index (κ1) is 16.5. The van der Waals surface area contributed by atoms with Crippen molar-refractivity contribution in [3.8, 4) is 0 Å². The molecule has 1 amide bonds. The average molecular weight is 350 g/mol. The first-order valence-electron chi connectivity index (χ1n) is 9.07. The molecule has 1 atom stereocenters. The Balaban J connectivity index is 1.37. The van der Waals surface area contributed by atoms with Gasteiger partial charge < -0.3 is 14.9 Å². The number of fused-ring (bicyclic) bond motifs is 1. The van der Waals surface area contributed by atoms with E-state index in [2.05, 4.69) is 22.9 Å². The highest BCUT2D eigenvalue weighted by molar-refractivity contribution is 7.14. The number of β-amino-alcohol motifs (C(OH)–C–C–N with tert-alkyl or cyclic N) is 1. The maximum atomic E-state index is 12.8. The Hall–Kier alpha value is -0.950. The number of likely N-dealkylation sites (tertiary alicyclic amines) is 1. The van der Waals surface area contributed by atoms with E-state index in [0.717, 1.165) is 43.9 Å². The second-order valence-electron chi connectivity index (χ2n) is 7.69. The van der Waals surface area contributed by atoms with Crippen LogP contribution in [0.25, 0.3) is 0 Å². The topological polar surface area (TPSA) is 47.0 Å². The number of carbonyl (C=O) groups excluding carboxylic acids is 1. The molecular formula is C18H27N3O2S. The largest absolute Gasteiger partial charge is 0.387 e. The molecule has 0 spiro atoms. The fourth-order valence-electron chi connectivity index (χ4n) is 4.17. The molecule has 2 fully saturated rings. The van der Waals surface area contributed by atoms with Crippen molar-refractivity contribution in [2.45, 2.75) is 31.3 Å². The normalized spacial score (nSPS) is 28.5. The summed E-state index contributed by atoms with van der Waals surface area (Å²) in [5, 5.41) is 10.9. The van der Waals surface area contributed by atoms with E-state index in [4.69, 9.17) is 0 Å². The van der Waals surface area contributed by atoms with Gasteiger partial charge in [-0.3, -0.25) is 9.69 Å². The quantitative estimate of drug-likeness (QED) is 0.887. The summed E-state index contributed by atoms with van der Waals surface area (Å²) >= 11 is 1.66. The zero-order chi connectivity index (χ0) is 16.7. The number of aliphatic hydroxyl groups is 1. The van der Waals surface area contributed by atoms with E-state index in [1.165, 1.54) is 16.9 Å². The summed E-state index contributed by atoms with van der Waals surface area (Å²) in [6.45, 7) is 5.95. The van der Waals surface area contributed by atoms with Gasteiger partial charge in [0, 0.05) is 44.1 Å². The molecule has 0 aromatic carbocycles. The van der Waals surface area contributed by atoms with Crippen molar-refractivity contribution in [3.05, 3.63) is 21.4 Å². The molecule has 5 nitrogen and oxygen atoms in total. The van der Waals surface area contributed by atoms with Gasteiger partial charge in [0.05, 0.1) is 17.0 Å². The Morgan fingerprint density at radius 3 is 2.79 bits per heavy atom. The number of rotatable bonds is 3. The minimum atomic E-state index is -0.744. The van der Waals surface area contributed by atoms with Gasteiger partial charge in [-0.05, 0) is 44.4 Å². The molecule has 1 aromatic heterocycles. The number of carbonyl (C=O) groups is 1. The first-order chi connectivity index (χ1) is 11.5. The summed E-state index contributed by atoms with van der Waals surface area (Å²) in [4.78, 5) is 21.6. The standard InChI is InChI=1S/C18H27N3O2S/c1-19-7-9-20(10-8-19)12-18(23)5-6-21(13-18)17(22)16-11-14-3-2-4-15(14)24-16/h11,23H,2-10,12-13H2,1H3/t18-/m0/s1. The molecule has 0 bridgehead atoms. The SMILES string of the molecule is CN1CCN(C[C@@]2(O)CCN(C(=O)c3cc4c(s3)CCC4)C2)CC1. The number of aryl methyl sites for hydroxylation is 2. The van der Waals surface area contributed by atoms with Crippen molar-refractivity contribution in [2.75, 3.05) is 52.9 Å². The van der Waals surface area contributed by atoms with Crippen molar-refractivity contribution in [1.29, 1.82) is 0 Å². The van der Waals surface area contributed by atoms with Crippen molar-refractivity contribution < 1.29 is 9.90 Å². The van der Waals surface area contributed by atoms with Gasteiger partial charge in [-0.15, -0.1) is 11.3 Å². The number of amides is 1. The van der Waals surface area contributed by atoms with Crippen LogP contribution in [-0.2, 0) is 12.8 Å². The first-order valence-corrected chi connectivity index (χ1v) is 9.88. The molecule has 1 N–H and O–H groups in total. The van der Waals surface area contributed by atoms with Crippen molar-refractivity contribution >= 4 is 17.2 Å². The number of thiophene rings is 1. The minimum Gasteiger partial charge on any atom is -0.387 e. The molecule has 0 unspecified atom stereocenters. The molecule has 132 valence electrons. The molecule has 2 saturated heterocycles. The minimum absolute atomic E-state index is 0.115. The van der Waals surface area contributed by atoms with E-state index in [9.17, 15) is 9.90 Å². The van der Waals surface area contributed by atoms with Crippen molar-refractivity contribution in [3.63, 3.8) is 0 Å². The van der Waals surface area contributed by atoms with E-state index in [0.29, 0.717) is 26.1 Å². The smallest absolute Gasteiger partial charge is 0.264 e. The lowest BCUT2D eigenvalue weighted by Gasteiger charge is -2.36. The van der Waals surface area contributed by atoms with E-state index in [-0.39, 0.29) is 5.91 Å². The van der Waals surface area contributed by atoms with Crippen LogP contribution >= 0.6 is 11.3 Å². The second kappa shape index (κ2) is 6.41. The van der Waals surface area contributed by atoms with Gasteiger partial charge in [0.2, 0.25) is 0 Å². The van der Waals surface area contributed by atoms with E-state index < -0.39 is 5.60 Å². The van der Waals surface area contributed by atoms with Gasteiger partial charge in [0.25, 0.3) is 5.91 Å². The zero-order valence-electron chi connectivity index (χ0n) is 14.5. The van der Waals surface area contributed by atoms with Crippen LogP contribution in [0.4, 0.5) is 0 Å². The Morgan fingerprint density at radius 2 is 2.04 bits per heavy atom. The van der Waals surface area contributed by atoms with Crippen LogP contribution in [0.3, 0.4) is 0 Å². The monoisotopic (exact) mass is 349 g/mol. The third kappa shape index (κ3) is 3.25. The molecule has 6 heteroatoms. The maximum Gasteiger partial charge on any atom is 0.264 e. The number of likely N-dealkylation sites (N-methyl/N-ethyl adjacent to an activating group) is 1. The maximum absolute atomic E-state index is 12.8. The predicted molar refractivity (Wildman–Crippen MR) is 95.8 cm³/mol. The number of nitrogens with zero attached hydrogens (tertiary/aromatic N) is 3. The fourth-order valence-corrected chi connectivity index (χ4v) is 5.39. The van der Waals surface area contributed by atoms with Crippen LogP contribution < -0.4 is 0 Å². The van der Waals surface area contributed by atoms with Crippen molar-refractivity contribution in [2.24, 2.45) is 0 Å². The third-order valence-corrected chi connectivity index (χ3v) is 6.92. The number of hydrogen-bond acceptors (Lipinski definition) is 5. The summed E-state index contributed by atoms with van der Waals surface area (Å²) in [5.41, 5.74) is 0.626. The van der Waals surface area contributed by atoms with E-state index >= 15 is 0 Å². The lowest BCUT2D eigenvalue weighted by atomic mass is 10.0. The Labute approximate surface area is 147 Å². The van der Waals surface area contributed by atoms with Crippen molar-refractivity contribution in [1.82, 2.24) is 14.7 Å². The second-order valence-corrected chi connectivity index (χ2v) is 8.83. The van der Waals surface area contributed by atoms with Gasteiger partial charge in [-0.1, -0.05) is 0 Å². The number of hydrogen-bond donors (Lipinski definition) is 1. The van der Waals surface area contributed by atoms with Crippen LogP contribution in [0.2, 0.25) is 0 Å². The van der Waals surface area contributed by atoms with Crippen LogP contribution in [0, 0.1) is 0 Å². The molecule has 0 radical (unpaired) electrons. The molecule has 2 aliphatic heterocycles. The fraction of sp³-hybridized carbons (Fsp3) is 0.722. The van der Waals surface area contributed by atoms with Gasteiger partial charge in [0.1, 0.15) is 0 Å². The zero-order valence-corrected chi connectivity index (χ0v) is 15.3. The highest BCUT2D eigenvalue weighted by Gasteiger charge is 2.40. The van der Waals surface area contributed by atoms with Gasteiger partial charge in [-0.25, -0.2) is 0 Å². The highest BCUT2D eigenvalue weighted by Crippen LogP contribution is 2.32. The summed E-state index contributed by atoms with van der Waals surface area (Å²) in [6.07, 6.45) is 4.16. The molecule has 3 heterocycles. The van der Waals surface area contributed by atoms with Crippen LogP contribution in [0.1, 0.15) is 33.0 Å². The van der Waals surface area contributed by atoms with E-state index in [1.807, 2.05) is 4.90 Å². The molecule has 1 aromatic rings. The molecular weight excluding hydrogens is 322 g/mol. The molecule has 24 heavy (non-hydrogen) atoms. The van der Waals surface area contributed by atoms with Gasteiger partial charge >= 0.3 is 0 Å². The summed E-state index contributed by atoms with van der Waals surface area (Å²) in [6, 6.07) is 2.09. The summed E-state index contributed by atoms with van der Waals surface area (Å²) in [7, 11) is 2.14. The Morgan fingerprint density at radius 1 is 1.25 bits per heavy atom. The van der Waals surface area contributed by atoms with Crippen LogP contribution in [0.15, 0.2) is 6.07 Å². The summed E-state index contributed by atoms with van der Waals surface area (Å²) < 4.78 is 0.